The van der Waals surface area contributed by atoms with E-state index in [9.17, 15) is 0 Å². The number of rotatable bonds is 3. The average Bonchev–Trinajstić information content (AvgIpc) is 3.16. The van der Waals surface area contributed by atoms with E-state index in [1.54, 1.807) is 17.7 Å². The Hall–Kier alpha value is -2.44. The number of hydrogen-bond donors (Lipinski definition) is 2. The molecule has 3 aromatic heterocycles. The van der Waals surface area contributed by atoms with Gasteiger partial charge in [-0.15, -0.1) is 11.3 Å². The van der Waals surface area contributed by atoms with Crippen LogP contribution in [0.2, 0.25) is 5.02 Å². The molecule has 0 spiro atoms. The van der Waals surface area contributed by atoms with Crippen molar-refractivity contribution in [1.29, 1.82) is 0 Å². The van der Waals surface area contributed by atoms with Gasteiger partial charge in [0, 0.05) is 16.7 Å². The SMILES string of the molecule is Clc1cccc(-c2cc(Nc3ncnc4ccsc34)[nH]n2)c1. The molecule has 4 rings (SSSR count). The van der Waals surface area contributed by atoms with E-state index in [2.05, 4.69) is 25.5 Å². The summed E-state index contributed by atoms with van der Waals surface area (Å²) in [6.45, 7) is 0. The molecule has 22 heavy (non-hydrogen) atoms. The molecule has 3 heterocycles. The van der Waals surface area contributed by atoms with Gasteiger partial charge in [0.2, 0.25) is 0 Å². The summed E-state index contributed by atoms with van der Waals surface area (Å²) in [5, 5.41) is 13.2. The van der Waals surface area contributed by atoms with Gasteiger partial charge in [-0.1, -0.05) is 23.7 Å². The molecule has 0 saturated heterocycles. The number of thiophene rings is 1. The number of fused-ring (bicyclic) bond motifs is 1. The van der Waals surface area contributed by atoms with Crippen LogP contribution in [0.4, 0.5) is 11.6 Å². The molecule has 108 valence electrons. The first kappa shape index (κ1) is 13.2. The van der Waals surface area contributed by atoms with Crippen molar-refractivity contribution < 1.29 is 0 Å². The van der Waals surface area contributed by atoms with Crippen LogP contribution in [0, 0.1) is 0 Å². The number of nitrogens with zero attached hydrogens (tertiary/aromatic N) is 3. The average molecular weight is 328 g/mol. The van der Waals surface area contributed by atoms with Crippen LogP contribution in [0.1, 0.15) is 0 Å². The molecule has 0 saturated carbocycles. The van der Waals surface area contributed by atoms with Gasteiger partial charge in [-0.3, -0.25) is 5.10 Å². The zero-order valence-electron chi connectivity index (χ0n) is 11.2. The highest BCUT2D eigenvalue weighted by molar-refractivity contribution is 7.17. The lowest BCUT2D eigenvalue weighted by molar-refractivity contribution is 1.09. The number of anilines is 2. The topological polar surface area (TPSA) is 66.5 Å². The van der Waals surface area contributed by atoms with Crippen molar-refractivity contribution in [2.45, 2.75) is 0 Å². The fourth-order valence-corrected chi connectivity index (χ4v) is 3.17. The fourth-order valence-electron chi connectivity index (χ4n) is 2.19. The number of H-pyrrole nitrogens is 1. The summed E-state index contributed by atoms with van der Waals surface area (Å²) in [6, 6.07) is 11.5. The van der Waals surface area contributed by atoms with Crippen LogP contribution >= 0.6 is 22.9 Å². The van der Waals surface area contributed by atoms with E-state index >= 15 is 0 Å². The second-order valence-corrected chi connectivity index (χ2v) is 6.01. The van der Waals surface area contributed by atoms with Crippen LogP contribution in [-0.4, -0.2) is 20.2 Å². The van der Waals surface area contributed by atoms with Crippen molar-refractivity contribution in [3.8, 4) is 11.3 Å². The van der Waals surface area contributed by atoms with Gasteiger partial charge in [0.1, 0.15) is 12.1 Å². The lowest BCUT2D eigenvalue weighted by atomic mass is 10.1. The Morgan fingerprint density at radius 1 is 1.14 bits per heavy atom. The Morgan fingerprint density at radius 2 is 2.09 bits per heavy atom. The normalized spacial score (nSPS) is 11.0. The van der Waals surface area contributed by atoms with Crippen LogP contribution in [-0.2, 0) is 0 Å². The van der Waals surface area contributed by atoms with Gasteiger partial charge < -0.3 is 5.32 Å². The molecule has 2 N–H and O–H groups in total. The van der Waals surface area contributed by atoms with E-state index in [0.29, 0.717) is 5.02 Å². The predicted octanol–water partition coefficient (Wildman–Crippen LogP) is 4.48. The minimum absolute atomic E-state index is 0.686. The number of benzene rings is 1. The van der Waals surface area contributed by atoms with Gasteiger partial charge in [-0.05, 0) is 23.6 Å². The van der Waals surface area contributed by atoms with Crippen LogP contribution in [0.5, 0.6) is 0 Å². The molecule has 0 aliphatic heterocycles. The van der Waals surface area contributed by atoms with E-state index in [0.717, 1.165) is 33.1 Å². The number of halogens is 1. The van der Waals surface area contributed by atoms with E-state index < -0.39 is 0 Å². The Kier molecular flexibility index (Phi) is 3.25. The third kappa shape index (κ3) is 2.43. The predicted molar refractivity (Wildman–Crippen MR) is 89.7 cm³/mol. The number of hydrogen-bond acceptors (Lipinski definition) is 5. The number of aromatic amines is 1. The molecular formula is C15H10ClN5S. The fraction of sp³-hybridized carbons (Fsp3) is 0. The van der Waals surface area contributed by atoms with Crippen molar-refractivity contribution in [1.82, 2.24) is 20.2 Å². The molecule has 0 bridgehead atoms. The summed E-state index contributed by atoms with van der Waals surface area (Å²) in [5.41, 5.74) is 2.71. The number of aromatic nitrogens is 4. The van der Waals surface area contributed by atoms with Gasteiger partial charge in [0.15, 0.2) is 5.82 Å². The summed E-state index contributed by atoms with van der Waals surface area (Å²) >= 11 is 7.61. The molecule has 0 atom stereocenters. The van der Waals surface area contributed by atoms with E-state index in [4.69, 9.17) is 11.6 Å². The van der Waals surface area contributed by atoms with Crippen molar-refractivity contribution in [3.05, 3.63) is 53.1 Å². The van der Waals surface area contributed by atoms with Crippen LogP contribution < -0.4 is 5.32 Å². The van der Waals surface area contributed by atoms with E-state index in [1.165, 1.54) is 0 Å². The Balaban J connectivity index is 1.66. The highest BCUT2D eigenvalue weighted by atomic mass is 35.5. The Morgan fingerprint density at radius 3 is 3.00 bits per heavy atom. The minimum Gasteiger partial charge on any atom is -0.324 e. The van der Waals surface area contributed by atoms with Crippen LogP contribution in [0.3, 0.4) is 0 Å². The molecule has 0 aliphatic rings. The number of nitrogens with one attached hydrogen (secondary N) is 2. The Bertz CT molecular complexity index is 946. The minimum atomic E-state index is 0.686. The first-order chi connectivity index (χ1) is 10.8. The smallest absolute Gasteiger partial charge is 0.152 e. The molecule has 0 amide bonds. The zero-order chi connectivity index (χ0) is 14.9. The van der Waals surface area contributed by atoms with Crippen molar-refractivity contribution >= 4 is 44.8 Å². The maximum absolute atomic E-state index is 6.01. The van der Waals surface area contributed by atoms with Gasteiger partial charge in [-0.2, -0.15) is 5.10 Å². The van der Waals surface area contributed by atoms with Crippen molar-refractivity contribution in [2.75, 3.05) is 5.32 Å². The largest absolute Gasteiger partial charge is 0.324 e. The standard InChI is InChI=1S/C15H10ClN5S/c16-10-3-1-2-9(6-10)12-7-13(21-20-12)19-15-14-11(4-5-22-14)17-8-18-15/h1-8H,(H2,17,18,19,20,21). The third-order valence-corrected chi connectivity index (χ3v) is 4.34. The first-order valence-corrected chi connectivity index (χ1v) is 7.82. The van der Waals surface area contributed by atoms with Crippen LogP contribution in [0.25, 0.3) is 21.5 Å². The highest BCUT2D eigenvalue weighted by Gasteiger charge is 2.08. The van der Waals surface area contributed by atoms with Crippen molar-refractivity contribution in [2.24, 2.45) is 0 Å². The zero-order valence-corrected chi connectivity index (χ0v) is 12.8. The highest BCUT2D eigenvalue weighted by Crippen LogP contribution is 2.28. The van der Waals surface area contributed by atoms with E-state index in [1.807, 2.05) is 41.8 Å². The quantitative estimate of drug-likeness (QED) is 0.582. The Labute approximate surface area is 135 Å². The monoisotopic (exact) mass is 327 g/mol. The summed E-state index contributed by atoms with van der Waals surface area (Å²) < 4.78 is 1.02. The molecule has 1 aromatic carbocycles. The molecule has 7 heteroatoms. The first-order valence-electron chi connectivity index (χ1n) is 6.56. The lowest BCUT2D eigenvalue weighted by Crippen LogP contribution is -1.94. The second-order valence-electron chi connectivity index (χ2n) is 4.66. The maximum atomic E-state index is 6.01. The molecular weight excluding hydrogens is 318 g/mol. The summed E-state index contributed by atoms with van der Waals surface area (Å²) in [6.07, 6.45) is 1.55. The van der Waals surface area contributed by atoms with Gasteiger partial charge in [0.05, 0.1) is 15.9 Å². The molecule has 0 unspecified atom stereocenters. The molecule has 0 radical (unpaired) electrons. The maximum Gasteiger partial charge on any atom is 0.152 e. The molecule has 0 aliphatic carbocycles. The summed E-state index contributed by atoms with van der Waals surface area (Å²) in [7, 11) is 0. The summed E-state index contributed by atoms with van der Waals surface area (Å²) in [5.74, 6) is 1.53. The van der Waals surface area contributed by atoms with Gasteiger partial charge in [0.25, 0.3) is 0 Å². The van der Waals surface area contributed by atoms with Gasteiger partial charge >= 0.3 is 0 Å². The molecule has 0 fully saturated rings. The second kappa shape index (κ2) is 5.40. The lowest BCUT2D eigenvalue weighted by Gasteiger charge is -2.02. The van der Waals surface area contributed by atoms with Crippen molar-refractivity contribution in [3.63, 3.8) is 0 Å². The molecule has 5 nitrogen and oxygen atoms in total. The van der Waals surface area contributed by atoms with Gasteiger partial charge in [-0.25, -0.2) is 9.97 Å². The molecule has 4 aromatic rings. The van der Waals surface area contributed by atoms with E-state index in [-0.39, 0.29) is 0 Å². The van der Waals surface area contributed by atoms with Crippen LogP contribution in [0.15, 0.2) is 48.1 Å². The summed E-state index contributed by atoms with van der Waals surface area (Å²) in [4.78, 5) is 8.51. The third-order valence-electron chi connectivity index (χ3n) is 3.19.